The number of rotatable bonds is 2. The summed E-state index contributed by atoms with van der Waals surface area (Å²) in [5, 5.41) is 0.710. The van der Waals surface area contributed by atoms with Crippen LogP contribution in [0.25, 0.3) is 0 Å². The third kappa shape index (κ3) is 3.45. The summed E-state index contributed by atoms with van der Waals surface area (Å²) in [6, 6.07) is 7.86. The minimum Gasteiger partial charge on any atom is -0.324 e. The van der Waals surface area contributed by atoms with E-state index in [2.05, 4.69) is 6.92 Å². The standard InChI is InChI=1S/C16H23ClN2O/c1-12-6-5-9-19(11-12)16(20)18(3)13(2)14-7-4-8-15(17)10-14/h4,7-8,10,12-13H,5-6,9,11H2,1-3H3. The molecule has 20 heavy (non-hydrogen) atoms. The molecule has 2 unspecified atom stereocenters. The van der Waals surface area contributed by atoms with Gasteiger partial charge >= 0.3 is 6.03 Å². The summed E-state index contributed by atoms with van der Waals surface area (Å²) in [4.78, 5) is 16.3. The molecule has 1 aliphatic rings. The first-order chi connectivity index (χ1) is 9.49. The summed E-state index contributed by atoms with van der Waals surface area (Å²) in [5.41, 5.74) is 1.07. The number of hydrogen-bond acceptors (Lipinski definition) is 1. The molecule has 2 amide bonds. The Kier molecular flexibility index (Phi) is 4.92. The van der Waals surface area contributed by atoms with E-state index in [4.69, 9.17) is 11.6 Å². The van der Waals surface area contributed by atoms with E-state index < -0.39 is 0 Å². The van der Waals surface area contributed by atoms with Crippen LogP contribution in [0, 0.1) is 5.92 Å². The van der Waals surface area contributed by atoms with Crippen LogP contribution in [0.1, 0.15) is 38.3 Å². The first kappa shape index (κ1) is 15.2. The first-order valence-electron chi connectivity index (χ1n) is 7.26. The van der Waals surface area contributed by atoms with Crippen LogP contribution in [0.2, 0.25) is 5.02 Å². The molecule has 0 N–H and O–H groups in total. The second kappa shape index (κ2) is 6.49. The molecule has 1 heterocycles. The molecule has 2 atom stereocenters. The van der Waals surface area contributed by atoms with Gasteiger partial charge in [0.25, 0.3) is 0 Å². The van der Waals surface area contributed by atoms with E-state index in [-0.39, 0.29) is 12.1 Å². The molecular formula is C16H23ClN2O. The van der Waals surface area contributed by atoms with Gasteiger partial charge in [0.05, 0.1) is 6.04 Å². The maximum Gasteiger partial charge on any atom is 0.320 e. The number of halogens is 1. The van der Waals surface area contributed by atoms with Crippen LogP contribution < -0.4 is 0 Å². The highest BCUT2D eigenvalue weighted by molar-refractivity contribution is 6.30. The SMILES string of the molecule is CC1CCCN(C(=O)N(C)C(C)c2cccc(Cl)c2)C1. The van der Waals surface area contributed by atoms with Crippen molar-refractivity contribution < 1.29 is 4.79 Å². The molecule has 110 valence electrons. The molecule has 0 aromatic heterocycles. The lowest BCUT2D eigenvalue weighted by molar-refractivity contribution is 0.128. The van der Waals surface area contributed by atoms with E-state index in [1.54, 1.807) is 0 Å². The smallest absolute Gasteiger partial charge is 0.320 e. The number of piperidine rings is 1. The van der Waals surface area contributed by atoms with Crippen LogP contribution in [-0.2, 0) is 0 Å². The first-order valence-corrected chi connectivity index (χ1v) is 7.64. The van der Waals surface area contributed by atoms with Crippen LogP contribution >= 0.6 is 11.6 Å². The maximum absolute atomic E-state index is 12.6. The fourth-order valence-electron chi connectivity index (χ4n) is 2.74. The number of benzene rings is 1. The van der Waals surface area contributed by atoms with Crippen molar-refractivity contribution in [1.82, 2.24) is 9.80 Å². The molecule has 1 aromatic rings. The van der Waals surface area contributed by atoms with Gasteiger partial charge in [-0.3, -0.25) is 0 Å². The molecule has 0 saturated carbocycles. The number of urea groups is 1. The van der Waals surface area contributed by atoms with Gasteiger partial charge < -0.3 is 9.80 Å². The van der Waals surface area contributed by atoms with E-state index in [1.807, 2.05) is 48.0 Å². The summed E-state index contributed by atoms with van der Waals surface area (Å²) in [7, 11) is 1.87. The summed E-state index contributed by atoms with van der Waals surface area (Å²) < 4.78 is 0. The van der Waals surface area contributed by atoms with Gasteiger partial charge in [-0.1, -0.05) is 30.7 Å². The predicted molar refractivity (Wildman–Crippen MR) is 83.0 cm³/mol. The molecule has 3 nitrogen and oxygen atoms in total. The fraction of sp³-hybridized carbons (Fsp3) is 0.562. The molecule has 0 radical (unpaired) electrons. The molecule has 1 fully saturated rings. The Bertz CT molecular complexity index is 477. The number of hydrogen-bond donors (Lipinski definition) is 0. The van der Waals surface area contributed by atoms with Crippen LogP contribution in [0.3, 0.4) is 0 Å². The van der Waals surface area contributed by atoms with Crippen molar-refractivity contribution >= 4 is 17.6 Å². The normalized spacial score (nSPS) is 20.6. The summed E-state index contributed by atoms with van der Waals surface area (Å²) >= 11 is 6.03. The van der Waals surface area contributed by atoms with Crippen molar-refractivity contribution in [2.75, 3.05) is 20.1 Å². The zero-order valence-electron chi connectivity index (χ0n) is 12.5. The van der Waals surface area contributed by atoms with Crippen molar-refractivity contribution in [3.05, 3.63) is 34.9 Å². The third-order valence-corrected chi connectivity index (χ3v) is 4.38. The van der Waals surface area contributed by atoms with Crippen molar-refractivity contribution in [3.8, 4) is 0 Å². The maximum atomic E-state index is 12.6. The fourth-order valence-corrected chi connectivity index (χ4v) is 2.94. The molecule has 0 spiro atoms. The van der Waals surface area contributed by atoms with Crippen LogP contribution in [0.4, 0.5) is 4.79 Å². The highest BCUT2D eigenvalue weighted by Crippen LogP contribution is 2.24. The van der Waals surface area contributed by atoms with E-state index in [0.29, 0.717) is 10.9 Å². The van der Waals surface area contributed by atoms with Crippen molar-refractivity contribution in [2.45, 2.75) is 32.7 Å². The van der Waals surface area contributed by atoms with Crippen LogP contribution in [0.15, 0.2) is 24.3 Å². The number of nitrogens with zero attached hydrogens (tertiary/aromatic N) is 2. The monoisotopic (exact) mass is 294 g/mol. The Morgan fingerprint density at radius 2 is 2.25 bits per heavy atom. The van der Waals surface area contributed by atoms with Crippen molar-refractivity contribution in [1.29, 1.82) is 0 Å². The topological polar surface area (TPSA) is 23.6 Å². The average Bonchev–Trinajstić information content (AvgIpc) is 2.45. The van der Waals surface area contributed by atoms with Gasteiger partial charge in [0.15, 0.2) is 0 Å². The summed E-state index contributed by atoms with van der Waals surface area (Å²) in [6.07, 6.45) is 2.32. The van der Waals surface area contributed by atoms with Gasteiger partial charge in [0.2, 0.25) is 0 Å². The summed E-state index contributed by atoms with van der Waals surface area (Å²) in [6.45, 7) is 5.98. The molecule has 1 saturated heterocycles. The minimum absolute atomic E-state index is 0.0263. The summed E-state index contributed by atoms with van der Waals surface area (Å²) in [5.74, 6) is 0.600. The second-order valence-electron chi connectivity index (χ2n) is 5.82. The van der Waals surface area contributed by atoms with Gasteiger partial charge in [-0.15, -0.1) is 0 Å². The Morgan fingerprint density at radius 3 is 2.90 bits per heavy atom. The highest BCUT2D eigenvalue weighted by Gasteiger charge is 2.26. The van der Waals surface area contributed by atoms with Crippen LogP contribution in [-0.4, -0.2) is 36.0 Å². The zero-order chi connectivity index (χ0) is 14.7. The quantitative estimate of drug-likeness (QED) is 0.802. The van der Waals surface area contributed by atoms with Gasteiger partial charge in [-0.05, 0) is 43.4 Å². The van der Waals surface area contributed by atoms with E-state index in [9.17, 15) is 4.79 Å². The van der Waals surface area contributed by atoms with Gasteiger partial charge in [-0.25, -0.2) is 4.79 Å². The lowest BCUT2D eigenvalue weighted by Crippen LogP contribution is -2.46. The Balaban J connectivity index is 2.06. The number of amides is 2. The Labute approximate surface area is 126 Å². The van der Waals surface area contributed by atoms with E-state index >= 15 is 0 Å². The predicted octanol–water partition coefficient (Wildman–Crippen LogP) is 4.18. The number of likely N-dealkylation sites (tertiary alicyclic amines) is 1. The van der Waals surface area contributed by atoms with Crippen LogP contribution in [0.5, 0.6) is 0 Å². The number of carbonyl (C=O) groups is 1. The molecule has 0 bridgehead atoms. The van der Waals surface area contributed by atoms with Gasteiger partial charge in [0, 0.05) is 25.2 Å². The van der Waals surface area contributed by atoms with Crippen molar-refractivity contribution in [3.63, 3.8) is 0 Å². The molecule has 4 heteroatoms. The zero-order valence-corrected chi connectivity index (χ0v) is 13.2. The Hall–Kier alpha value is -1.22. The largest absolute Gasteiger partial charge is 0.324 e. The van der Waals surface area contributed by atoms with E-state index in [1.165, 1.54) is 6.42 Å². The Morgan fingerprint density at radius 1 is 1.50 bits per heavy atom. The second-order valence-corrected chi connectivity index (χ2v) is 6.25. The minimum atomic E-state index is 0.0263. The van der Waals surface area contributed by atoms with Gasteiger partial charge in [-0.2, -0.15) is 0 Å². The lowest BCUT2D eigenvalue weighted by atomic mass is 10.0. The average molecular weight is 295 g/mol. The van der Waals surface area contributed by atoms with E-state index in [0.717, 1.165) is 25.1 Å². The third-order valence-electron chi connectivity index (χ3n) is 4.14. The number of carbonyl (C=O) groups excluding carboxylic acids is 1. The molecule has 1 aromatic carbocycles. The molecule has 1 aliphatic heterocycles. The molecule has 0 aliphatic carbocycles. The van der Waals surface area contributed by atoms with Crippen molar-refractivity contribution in [2.24, 2.45) is 5.92 Å². The van der Waals surface area contributed by atoms with Gasteiger partial charge in [0.1, 0.15) is 0 Å². The highest BCUT2D eigenvalue weighted by atomic mass is 35.5. The molecular weight excluding hydrogens is 272 g/mol. The molecule has 2 rings (SSSR count). The lowest BCUT2D eigenvalue weighted by Gasteiger charge is -2.36.